The number of nitrogens with two attached hydrogens (primary N) is 6. The lowest BCUT2D eigenvalue weighted by molar-refractivity contribution is -0.138. The minimum atomic E-state index is -4.97. The van der Waals surface area contributed by atoms with Gasteiger partial charge in [0, 0.05) is 62.1 Å². The van der Waals surface area contributed by atoms with E-state index in [-0.39, 0.29) is 118 Å². The molecule has 4 amide bonds. The van der Waals surface area contributed by atoms with Crippen molar-refractivity contribution in [1.29, 1.82) is 0 Å². The van der Waals surface area contributed by atoms with Crippen molar-refractivity contribution in [3.63, 3.8) is 0 Å². The van der Waals surface area contributed by atoms with Crippen LogP contribution in [0.15, 0.2) is 62.2 Å². The second kappa shape index (κ2) is 25.0. The Morgan fingerprint density at radius 2 is 1.18 bits per heavy atom. The predicted molar refractivity (Wildman–Crippen MR) is 237 cm³/mol. The molecule has 0 saturated carbocycles. The number of nitrogens with one attached hydrogen (secondary N) is 4. The van der Waals surface area contributed by atoms with E-state index in [0.29, 0.717) is 43.0 Å². The number of halogens is 6. The Morgan fingerprint density at radius 3 is 1.68 bits per heavy atom. The second-order valence-electron chi connectivity index (χ2n) is 14.4. The topological polar surface area (TPSA) is 319 Å². The van der Waals surface area contributed by atoms with Crippen molar-refractivity contribution in [3.8, 4) is 5.75 Å². The number of hydrogen-bond acceptors (Lipinski definition) is 10. The second-order valence-corrected chi connectivity index (χ2v) is 14.4. The molecule has 1 aliphatic rings. The molecular weight excluding hydrogens is 869 g/mol. The number of alkyl halides is 6. The summed E-state index contributed by atoms with van der Waals surface area (Å²) in [5.74, 6) is -4.03. The molecule has 0 saturated heterocycles. The van der Waals surface area contributed by atoms with Gasteiger partial charge in [-0.2, -0.15) is 26.3 Å². The van der Waals surface area contributed by atoms with Crippen LogP contribution in [0.25, 0.3) is 0 Å². The molecule has 0 spiro atoms. The molecule has 2 aromatic rings. The van der Waals surface area contributed by atoms with E-state index in [1.165, 1.54) is 6.21 Å². The van der Waals surface area contributed by atoms with Gasteiger partial charge >= 0.3 is 12.4 Å². The number of hydrogen-bond donors (Lipinski definition) is 10. The van der Waals surface area contributed by atoms with E-state index in [4.69, 9.17) is 39.1 Å². The minimum absolute atomic E-state index is 0.00377. The first-order valence-electron chi connectivity index (χ1n) is 20.5. The van der Waals surface area contributed by atoms with Gasteiger partial charge in [-0.05, 0) is 87.4 Å². The van der Waals surface area contributed by atoms with E-state index >= 15 is 0 Å². The maximum Gasteiger partial charge on any atom is 0.416 e. The summed E-state index contributed by atoms with van der Waals surface area (Å²) in [5, 5.41) is 9.78. The number of nitrogens with zero attached hydrogens (tertiary/aromatic N) is 3. The maximum atomic E-state index is 14.3. The molecule has 0 aliphatic carbocycles. The average Bonchev–Trinajstić information content (AvgIpc) is 3.45. The zero-order valence-corrected chi connectivity index (χ0v) is 35.7. The first-order valence-corrected chi connectivity index (χ1v) is 20.5. The number of rotatable bonds is 23. The third-order valence-electron chi connectivity index (χ3n) is 9.38. The fourth-order valence-electron chi connectivity index (χ4n) is 6.24. The first-order chi connectivity index (χ1) is 30.7. The van der Waals surface area contributed by atoms with Crippen molar-refractivity contribution in [3.05, 3.63) is 63.9 Å². The fourth-order valence-corrected chi connectivity index (χ4v) is 6.24. The van der Waals surface area contributed by atoms with E-state index in [1.54, 1.807) is 6.92 Å². The van der Waals surface area contributed by atoms with Crippen molar-refractivity contribution in [2.75, 3.05) is 54.1 Å². The highest BCUT2D eigenvalue weighted by Gasteiger charge is 2.35. The van der Waals surface area contributed by atoms with Crippen LogP contribution in [0.5, 0.6) is 5.75 Å². The van der Waals surface area contributed by atoms with Gasteiger partial charge in [0.05, 0.1) is 22.5 Å². The van der Waals surface area contributed by atoms with Crippen molar-refractivity contribution >= 4 is 64.5 Å². The van der Waals surface area contributed by atoms with Crippen LogP contribution in [0.2, 0.25) is 0 Å². The lowest BCUT2D eigenvalue weighted by atomic mass is 9.99. The molecule has 3 rings (SSSR count). The van der Waals surface area contributed by atoms with Crippen LogP contribution in [0.3, 0.4) is 0 Å². The SMILES string of the molecule is CCC1=C(C(=O)Nc2cc(C(F)(F)F)cc(NC(=O)CCCCN=C(N)N)c2CCCN)C=C(C(=O)Nc2cc(C(F)(F)F)cc(NC(=O)CCCCN=C(N)N)c2OCCN)N=CC1. The lowest BCUT2D eigenvalue weighted by Gasteiger charge is -2.20. The normalized spacial score (nSPS) is 12.7. The number of ether oxygens (including phenoxy) is 1. The Morgan fingerprint density at radius 1 is 0.692 bits per heavy atom. The standard InChI is InChI=1S/C41H55F6N13O5/c1-2-23-11-16-54-32(37(64)60-31-21-25(41(45,46)47)20-30(35(31)65-17-13-49)58-34(62)10-4-6-15-56-39(52)53)22-27(23)36(63)59-29-19-24(40(42,43)44)18-28(26(29)8-7-12-48)57-33(61)9-3-5-14-55-38(50)51/h16,18-22H,2-15,17,48-49H2,1H3,(H,57,61)(H,58,62)(H,59,63)(H,60,64)(H4,50,51,55)(H4,52,53,56). The van der Waals surface area contributed by atoms with Gasteiger partial charge in [0.1, 0.15) is 12.3 Å². The largest absolute Gasteiger partial charge is 0.488 e. The Hall–Kier alpha value is -6.69. The number of carbonyl (C=O) groups is 4. The summed E-state index contributed by atoms with van der Waals surface area (Å²) >= 11 is 0. The van der Waals surface area contributed by atoms with Gasteiger partial charge in [-0.3, -0.25) is 34.2 Å². The molecular formula is C41H55F6N13O5. The molecule has 0 fully saturated rings. The number of guanidine groups is 2. The van der Waals surface area contributed by atoms with Gasteiger partial charge in [0.25, 0.3) is 11.8 Å². The van der Waals surface area contributed by atoms with Crippen LogP contribution in [0.1, 0.15) is 81.4 Å². The lowest BCUT2D eigenvalue weighted by Crippen LogP contribution is -2.23. The first kappa shape index (κ1) is 52.7. The van der Waals surface area contributed by atoms with Crippen LogP contribution in [0.4, 0.5) is 49.1 Å². The molecule has 0 bridgehead atoms. The molecule has 1 heterocycles. The smallest absolute Gasteiger partial charge is 0.416 e. The molecule has 16 N–H and O–H groups in total. The number of aliphatic imine (C=N–C) groups is 3. The summed E-state index contributed by atoms with van der Waals surface area (Å²) in [4.78, 5) is 65.7. The van der Waals surface area contributed by atoms with Gasteiger partial charge in [-0.1, -0.05) is 12.5 Å². The highest BCUT2D eigenvalue weighted by Crippen LogP contribution is 2.42. The quantitative estimate of drug-likeness (QED) is 0.0323. The summed E-state index contributed by atoms with van der Waals surface area (Å²) in [6.07, 6.45) is -5.95. The van der Waals surface area contributed by atoms with Crippen LogP contribution in [-0.4, -0.2) is 74.5 Å². The Kier molecular flexibility index (Phi) is 20.2. The maximum absolute atomic E-state index is 14.3. The summed E-state index contributed by atoms with van der Waals surface area (Å²) in [7, 11) is 0. The Balaban J connectivity index is 2.04. The predicted octanol–water partition coefficient (Wildman–Crippen LogP) is 4.36. The van der Waals surface area contributed by atoms with Gasteiger partial charge in [0.2, 0.25) is 11.8 Å². The molecule has 356 valence electrons. The summed E-state index contributed by atoms with van der Waals surface area (Å²) in [6, 6.07) is 2.68. The minimum Gasteiger partial charge on any atom is -0.488 e. The molecule has 0 aromatic heterocycles. The molecule has 65 heavy (non-hydrogen) atoms. The number of carbonyl (C=O) groups excluding carboxylic acids is 4. The van der Waals surface area contributed by atoms with Crippen LogP contribution in [0, 0.1) is 0 Å². The highest BCUT2D eigenvalue weighted by molar-refractivity contribution is 6.12. The summed E-state index contributed by atoms with van der Waals surface area (Å²) in [5.41, 5.74) is 28.5. The van der Waals surface area contributed by atoms with Crippen molar-refractivity contribution in [1.82, 2.24) is 0 Å². The number of benzene rings is 2. The third kappa shape index (κ3) is 17.1. The molecule has 0 radical (unpaired) electrons. The van der Waals surface area contributed by atoms with Crippen molar-refractivity contribution < 1.29 is 50.3 Å². The Bertz CT molecular complexity index is 2180. The van der Waals surface area contributed by atoms with Gasteiger partial charge in [-0.25, -0.2) is 0 Å². The fraction of sp³-hybridized carbons (Fsp3) is 0.439. The van der Waals surface area contributed by atoms with E-state index in [9.17, 15) is 45.5 Å². The van der Waals surface area contributed by atoms with E-state index in [0.717, 1.165) is 12.1 Å². The van der Waals surface area contributed by atoms with Crippen molar-refractivity contribution in [2.45, 2.75) is 83.5 Å². The van der Waals surface area contributed by atoms with Gasteiger partial charge in [0.15, 0.2) is 17.7 Å². The number of anilines is 4. The van der Waals surface area contributed by atoms with Crippen molar-refractivity contribution in [2.24, 2.45) is 49.4 Å². The zero-order valence-electron chi connectivity index (χ0n) is 35.7. The van der Waals surface area contributed by atoms with Crippen LogP contribution < -0.4 is 60.4 Å². The number of unbranched alkanes of at least 4 members (excludes halogenated alkanes) is 2. The number of allylic oxidation sites excluding steroid dienone is 1. The Labute approximate surface area is 370 Å². The molecule has 0 unspecified atom stereocenters. The molecule has 18 nitrogen and oxygen atoms in total. The average molecular weight is 924 g/mol. The third-order valence-corrected chi connectivity index (χ3v) is 9.38. The van der Waals surface area contributed by atoms with E-state index < -0.39 is 64.2 Å². The zero-order chi connectivity index (χ0) is 48.3. The molecule has 0 atom stereocenters. The van der Waals surface area contributed by atoms with Gasteiger partial charge < -0.3 is 60.4 Å². The van der Waals surface area contributed by atoms with E-state index in [1.807, 2.05) is 0 Å². The van der Waals surface area contributed by atoms with Crippen LogP contribution in [-0.2, 0) is 38.0 Å². The van der Waals surface area contributed by atoms with E-state index in [2.05, 4.69) is 36.2 Å². The molecule has 1 aliphatic heterocycles. The summed E-state index contributed by atoms with van der Waals surface area (Å²) < 4.78 is 91.3. The molecule has 24 heteroatoms. The summed E-state index contributed by atoms with van der Waals surface area (Å²) in [6.45, 7) is 1.87. The number of amides is 4. The molecule has 2 aromatic carbocycles. The monoisotopic (exact) mass is 923 g/mol. The van der Waals surface area contributed by atoms with Crippen LogP contribution >= 0.6 is 0 Å². The highest BCUT2D eigenvalue weighted by atomic mass is 19.4. The van der Waals surface area contributed by atoms with Gasteiger partial charge in [-0.15, -0.1) is 0 Å².